The van der Waals surface area contributed by atoms with Crippen LogP contribution < -0.4 is 5.32 Å². The Morgan fingerprint density at radius 3 is 2.95 bits per heavy atom. The molecule has 5 nitrogen and oxygen atoms in total. The predicted octanol–water partition coefficient (Wildman–Crippen LogP) is 3.42. The smallest absolute Gasteiger partial charge is 0.269 e. The molecule has 112 valence electrons. The molecule has 4 rings (SSSR count). The van der Waals surface area contributed by atoms with E-state index in [2.05, 4.69) is 15.5 Å². The van der Waals surface area contributed by atoms with Crippen LogP contribution in [0.5, 0.6) is 0 Å². The Bertz CT molecular complexity index is 582. The van der Waals surface area contributed by atoms with Crippen LogP contribution in [-0.2, 0) is 4.74 Å². The Kier molecular flexibility index (Phi) is 3.43. The van der Waals surface area contributed by atoms with Crippen LogP contribution in [0.4, 0.5) is 5.95 Å². The van der Waals surface area contributed by atoms with Gasteiger partial charge in [-0.1, -0.05) is 6.07 Å². The number of nitrogens with zero attached hydrogens (tertiary/aromatic N) is 2. The second-order valence-electron chi connectivity index (χ2n) is 6.17. The number of ether oxygens (including phenoxy) is 1. The molecule has 1 spiro atoms. The highest BCUT2D eigenvalue weighted by Crippen LogP contribution is 2.52. The van der Waals surface area contributed by atoms with E-state index >= 15 is 0 Å². The lowest BCUT2D eigenvalue weighted by Crippen LogP contribution is -2.44. The summed E-state index contributed by atoms with van der Waals surface area (Å²) < 4.78 is 10.7. The predicted molar refractivity (Wildman–Crippen MR) is 81.3 cm³/mol. The van der Waals surface area contributed by atoms with Gasteiger partial charge in [0.15, 0.2) is 0 Å². The van der Waals surface area contributed by atoms with Crippen molar-refractivity contribution in [2.45, 2.75) is 25.7 Å². The average molecular weight is 305 g/mol. The first-order chi connectivity index (χ1) is 10.3. The molecule has 1 saturated carbocycles. The fourth-order valence-corrected chi connectivity index (χ4v) is 4.20. The van der Waals surface area contributed by atoms with E-state index in [1.807, 2.05) is 17.5 Å². The van der Waals surface area contributed by atoms with Crippen molar-refractivity contribution in [3.05, 3.63) is 17.5 Å². The van der Waals surface area contributed by atoms with Crippen molar-refractivity contribution in [1.82, 2.24) is 10.1 Å². The van der Waals surface area contributed by atoms with Gasteiger partial charge in [-0.15, -0.1) is 11.3 Å². The van der Waals surface area contributed by atoms with Crippen LogP contribution in [0.1, 0.15) is 25.7 Å². The fraction of sp³-hybridized carbons (Fsp3) is 0.600. The highest BCUT2D eigenvalue weighted by Gasteiger charge is 2.44. The van der Waals surface area contributed by atoms with Gasteiger partial charge in [-0.2, -0.15) is 4.98 Å². The summed E-state index contributed by atoms with van der Waals surface area (Å²) in [5.41, 5.74) is 0.573. The van der Waals surface area contributed by atoms with Crippen LogP contribution in [0.2, 0.25) is 0 Å². The third-order valence-corrected chi connectivity index (χ3v) is 5.56. The van der Waals surface area contributed by atoms with E-state index in [1.165, 1.54) is 25.7 Å². The summed E-state index contributed by atoms with van der Waals surface area (Å²) >= 11 is 1.61. The molecule has 6 heteroatoms. The molecule has 1 saturated heterocycles. The molecule has 2 aromatic heterocycles. The minimum atomic E-state index is 0.573. The largest absolute Gasteiger partial charge is 0.381 e. The third-order valence-electron chi connectivity index (χ3n) is 4.70. The maximum atomic E-state index is 5.46. The van der Waals surface area contributed by atoms with Crippen LogP contribution in [0.3, 0.4) is 0 Å². The first-order valence-electron chi connectivity index (χ1n) is 7.52. The first-order valence-corrected chi connectivity index (χ1v) is 8.40. The number of hydrogen-bond acceptors (Lipinski definition) is 6. The molecule has 1 N–H and O–H groups in total. The molecule has 0 bridgehead atoms. The van der Waals surface area contributed by atoms with E-state index in [1.54, 1.807) is 11.3 Å². The average Bonchev–Trinajstić information content (AvgIpc) is 3.14. The second kappa shape index (κ2) is 5.42. The molecule has 0 amide bonds. The molecule has 2 aliphatic rings. The Labute approximate surface area is 127 Å². The quantitative estimate of drug-likeness (QED) is 0.938. The Balaban J connectivity index is 1.28. The van der Waals surface area contributed by atoms with Crippen molar-refractivity contribution in [3.8, 4) is 10.8 Å². The van der Waals surface area contributed by atoms with Crippen LogP contribution in [0.15, 0.2) is 22.0 Å². The number of anilines is 1. The zero-order chi connectivity index (χ0) is 14.1. The SMILES string of the molecule is c1csc(-c2nc(NCC3CC4(CCOCC4)C3)no2)c1. The highest BCUT2D eigenvalue weighted by molar-refractivity contribution is 7.13. The van der Waals surface area contributed by atoms with E-state index in [9.17, 15) is 0 Å². The van der Waals surface area contributed by atoms with E-state index in [0.717, 1.165) is 30.6 Å². The Morgan fingerprint density at radius 1 is 1.33 bits per heavy atom. The molecular weight excluding hydrogens is 286 g/mol. The molecule has 2 fully saturated rings. The van der Waals surface area contributed by atoms with Crippen molar-refractivity contribution in [2.75, 3.05) is 25.1 Å². The summed E-state index contributed by atoms with van der Waals surface area (Å²) in [6.45, 7) is 2.82. The lowest BCUT2D eigenvalue weighted by atomic mass is 9.58. The van der Waals surface area contributed by atoms with Crippen LogP contribution in [0.25, 0.3) is 10.8 Å². The van der Waals surface area contributed by atoms with E-state index < -0.39 is 0 Å². The van der Waals surface area contributed by atoms with Gasteiger partial charge in [0, 0.05) is 19.8 Å². The standard InChI is InChI=1S/C15H19N3O2S/c1-2-12(21-7-1)13-17-14(18-20-13)16-10-11-8-15(9-11)3-5-19-6-4-15/h1-2,7,11H,3-6,8-10H2,(H,16,18). The first kappa shape index (κ1) is 13.3. The molecule has 0 radical (unpaired) electrons. The van der Waals surface area contributed by atoms with Gasteiger partial charge < -0.3 is 14.6 Å². The van der Waals surface area contributed by atoms with Crippen LogP contribution in [0, 0.1) is 11.3 Å². The van der Waals surface area contributed by atoms with Gasteiger partial charge in [0.2, 0.25) is 0 Å². The van der Waals surface area contributed by atoms with Gasteiger partial charge in [0.25, 0.3) is 11.8 Å². The van der Waals surface area contributed by atoms with Gasteiger partial charge in [0.1, 0.15) is 0 Å². The zero-order valence-electron chi connectivity index (χ0n) is 11.9. The Hall–Kier alpha value is -1.40. The maximum Gasteiger partial charge on any atom is 0.269 e. The summed E-state index contributed by atoms with van der Waals surface area (Å²) in [4.78, 5) is 5.40. The fourth-order valence-electron chi connectivity index (χ4n) is 3.55. The molecule has 3 heterocycles. The number of rotatable bonds is 4. The lowest BCUT2D eigenvalue weighted by molar-refractivity contribution is -0.0553. The molecule has 1 aliphatic heterocycles. The van der Waals surface area contributed by atoms with Gasteiger partial charge >= 0.3 is 0 Å². The Morgan fingerprint density at radius 2 is 2.19 bits per heavy atom. The zero-order valence-corrected chi connectivity index (χ0v) is 12.7. The van der Waals surface area contributed by atoms with Crippen LogP contribution >= 0.6 is 11.3 Å². The van der Waals surface area contributed by atoms with E-state index in [0.29, 0.717) is 17.3 Å². The third kappa shape index (κ3) is 2.70. The minimum Gasteiger partial charge on any atom is -0.381 e. The molecule has 2 aromatic rings. The van der Waals surface area contributed by atoms with Gasteiger partial charge in [-0.3, -0.25) is 0 Å². The maximum absolute atomic E-state index is 5.46. The monoisotopic (exact) mass is 305 g/mol. The molecule has 0 aromatic carbocycles. The number of thiophene rings is 1. The number of aromatic nitrogens is 2. The summed E-state index contributed by atoms with van der Waals surface area (Å²) in [5.74, 6) is 1.93. The molecular formula is C15H19N3O2S. The normalized spacial score (nSPS) is 21.3. The van der Waals surface area contributed by atoms with Crippen molar-refractivity contribution in [1.29, 1.82) is 0 Å². The summed E-state index contributed by atoms with van der Waals surface area (Å²) in [6.07, 6.45) is 5.07. The second-order valence-corrected chi connectivity index (χ2v) is 7.12. The van der Waals surface area contributed by atoms with Crippen molar-refractivity contribution in [3.63, 3.8) is 0 Å². The molecule has 0 unspecified atom stereocenters. The molecule has 0 atom stereocenters. The summed E-state index contributed by atoms with van der Waals surface area (Å²) in [5, 5.41) is 9.31. The van der Waals surface area contributed by atoms with E-state index in [4.69, 9.17) is 9.26 Å². The minimum absolute atomic E-state index is 0.573. The number of nitrogens with one attached hydrogen (secondary N) is 1. The van der Waals surface area contributed by atoms with E-state index in [-0.39, 0.29) is 0 Å². The van der Waals surface area contributed by atoms with Crippen LogP contribution in [-0.4, -0.2) is 29.9 Å². The van der Waals surface area contributed by atoms with Gasteiger partial charge in [-0.05, 0) is 53.6 Å². The van der Waals surface area contributed by atoms with Crippen molar-refractivity contribution < 1.29 is 9.26 Å². The van der Waals surface area contributed by atoms with Gasteiger partial charge in [-0.25, -0.2) is 0 Å². The van der Waals surface area contributed by atoms with Gasteiger partial charge in [0.05, 0.1) is 4.88 Å². The summed E-state index contributed by atoms with van der Waals surface area (Å²) in [6, 6.07) is 3.97. The highest BCUT2D eigenvalue weighted by atomic mass is 32.1. The lowest BCUT2D eigenvalue weighted by Gasteiger charge is -2.50. The number of hydrogen-bond donors (Lipinski definition) is 1. The molecule has 21 heavy (non-hydrogen) atoms. The van der Waals surface area contributed by atoms with Crippen molar-refractivity contribution >= 4 is 17.3 Å². The summed E-state index contributed by atoms with van der Waals surface area (Å²) in [7, 11) is 0. The molecule has 1 aliphatic carbocycles. The van der Waals surface area contributed by atoms with Crippen molar-refractivity contribution in [2.24, 2.45) is 11.3 Å². The topological polar surface area (TPSA) is 60.2 Å².